The van der Waals surface area contributed by atoms with Crippen LogP contribution in [0.2, 0.25) is 0 Å². The maximum absolute atomic E-state index is 13.5. The van der Waals surface area contributed by atoms with E-state index in [2.05, 4.69) is 11.9 Å². The molecule has 0 aromatic carbocycles. The van der Waals surface area contributed by atoms with Gasteiger partial charge in [0.1, 0.15) is 0 Å². The van der Waals surface area contributed by atoms with Gasteiger partial charge in [0, 0.05) is 19.2 Å². The highest BCUT2D eigenvalue weighted by atomic mass is 19.1. The van der Waals surface area contributed by atoms with Gasteiger partial charge in [-0.15, -0.1) is 0 Å². The number of pyridine rings is 1. The largest absolute Gasteiger partial charge is 0.381 e. The Bertz CT molecular complexity index is 395. The van der Waals surface area contributed by atoms with E-state index in [1.807, 2.05) is 4.90 Å². The molecule has 16 heavy (non-hydrogen) atoms. The third-order valence-corrected chi connectivity index (χ3v) is 3.10. The van der Waals surface area contributed by atoms with Crippen LogP contribution in [0.5, 0.6) is 0 Å². The van der Waals surface area contributed by atoms with E-state index in [1.165, 1.54) is 0 Å². The summed E-state index contributed by atoms with van der Waals surface area (Å²) in [5.74, 6) is -0.936. The Morgan fingerprint density at radius 3 is 2.88 bits per heavy atom. The van der Waals surface area contributed by atoms with Crippen LogP contribution in [0, 0.1) is 17.6 Å². The summed E-state index contributed by atoms with van der Waals surface area (Å²) in [6, 6.07) is 0.803. The Labute approximate surface area is 93.3 Å². The fraction of sp³-hybridized carbons (Fsp3) is 0.545. The van der Waals surface area contributed by atoms with Crippen molar-refractivity contribution in [2.75, 3.05) is 23.7 Å². The summed E-state index contributed by atoms with van der Waals surface area (Å²) in [7, 11) is 0. The molecule has 1 aromatic rings. The highest BCUT2D eigenvalue weighted by Crippen LogP contribution is 2.27. The number of aromatic nitrogens is 1. The van der Waals surface area contributed by atoms with Crippen LogP contribution in [0.15, 0.2) is 6.07 Å². The van der Waals surface area contributed by atoms with E-state index in [4.69, 9.17) is 5.73 Å². The van der Waals surface area contributed by atoms with Gasteiger partial charge in [0.05, 0.1) is 0 Å². The van der Waals surface area contributed by atoms with Gasteiger partial charge in [-0.2, -0.15) is 0 Å². The van der Waals surface area contributed by atoms with Gasteiger partial charge in [-0.3, -0.25) is 0 Å². The van der Waals surface area contributed by atoms with Crippen LogP contribution >= 0.6 is 0 Å². The maximum atomic E-state index is 13.5. The van der Waals surface area contributed by atoms with Gasteiger partial charge in [0.25, 0.3) is 0 Å². The van der Waals surface area contributed by atoms with E-state index in [0.717, 1.165) is 32.0 Å². The highest BCUT2D eigenvalue weighted by molar-refractivity contribution is 5.47. The molecule has 0 bridgehead atoms. The van der Waals surface area contributed by atoms with Crippen molar-refractivity contribution in [3.63, 3.8) is 0 Å². The zero-order valence-corrected chi connectivity index (χ0v) is 9.21. The summed E-state index contributed by atoms with van der Waals surface area (Å²) in [5, 5.41) is 0. The fourth-order valence-corrected chi connectivity index (χ4v) is 2.05. The molecular weight excluding hydrogens is 212 g/mol. The average molecular weight is 227 g/mol. The van der Waals surface area contributed by atoms with Crippen molar-refractivity contribution in [1.82, 2.24) is 4.98 Å². The molecule has 1 aliphatic heterocycles. The Balaban J connectivity index is 2.24. The van der Waals surface area contributed by atoms with Crippen molar-refractivity contribution in [3.05, 3.63) is 17.7 Å². The van der Waals surface area contributed by atoms with Gasteiger partial charge in [-0.1, -0.05) is 13.3 Å². The minimum Gasteiger partial charge on any atom is -0.381 e. The SMILES string of the molecule is CCC1CCN(c2nc(N)c(F)cc2F)C1. The molecule has 1 atom stereocenters. The Hall–Kier alpha value is -1.39. The first-order valence-corrected chi connectivity index (χ1v) is 5.48. The number of rotatable bonds is 2. The smallest absolute Gasteiger partial charge is 0.168 e. The summed E-state index contributed by atoms with van der Waals surface area (Å²) >= 11 is 0. The van der Waals surface area contributed by atoms with Gasteiger partial charge in [0.15, 0.2) is 23.3 Å². The normalized spacial score (nSPS) is 20.4. The van der Waals surface area contributed by atoms with Gasteiger partial charge in [-0.25, -0.2) is 13.8 Å². The van der Waals surface area contributed by atoms with Crippen molar-refractivity contribution in [1.29, 1.82) is 0 Å². The topological polar surface area (TPSA) is 42.2 Å². The lowest BCUT2D eigenvalue weighted by molar-refractivity contribution is 0.560. The van der Waals surface area contributed by atoms with E-state index in [-0.39, 0.29) is 11.6 Å². The molecule has 2 N–H and O–H groups in total. The number of nitrogens with zero attached hydrogens (tertiary/aromatic N) is 2. The first kappa shape index (κ1) is 11.1. The molecule has 1 saturated heterocycles. The van der Waals surface area contributed by atoms with E-state index < -0.39 is 11.6 Å². The summed E-state index contributed by atoms with van der Waals surface area (Å²) in [6.07, 6.45) is 2.09. The molecule has 5 heteroatoms. The predicted molar refractivity (Wildman–Crippen MR) is 59.2 cm³/mol. The minimum atomic E-state index is -0.799. The van der Waals surface area contributed by atoms with E-state index in [9.17, 15) is 8.78 Å². The van der Waals surface area contributed by atoms with E-state index in [1.54, 1.807) is 0 Å². The van der Waals surface area contributed by atoms with Crippen molar-refractivity contribution in [2.45, 2.75) is 19.8 Å². The second-order valence-corrected chi connectivity index (χ2v) is 4.17. The van der Waals surface area contributed by atoms with Gasteiger partial charge in [0.2, 0.25) is 0 Å². The molecule has 3 nitrogen and oxygen atoms in total. The first-order valence-electron chi connectivity index (χ1n) is 5.48. The monoisotopic (exact) mass is 227 g/mol. The lowest BCUT2D eigenvalue weighted by Crippen LogP contribution is -2.22. The molecule has 2 rings (SSSR count). The van der Waals surface area contributed by atoms with Crippen LogP contribution in [0.1, 0.15) is 19.8 Å². The molecule has 0 saturated carbocycles. The highest BCUT2D eigenvalue weighted by Gasteiger charge is 2.25. The molecule has 0 amide bonds. The number of hydrogen-bond acceptors (Lipinski definition) is 3. The Morgan fingerprint density at radius 1 is 1.50 bits per heavy atom. The summed E-state index contributed by atoms with van der Waals surface area (Å²) in [5.41, 5.74) is 5.34. The third-order valence-electron chi connectivity index (χ3n) is 3.10. The lowest BCUT2D eigenvalue weighted by Gasteiger charge is -2.18. The maximum Gasteiger partial charge on any atom is 0.168 e. The zero-order valence-electron chi connectivity index (χ0n) is 9.21. The Kier molecular flexibility index (Phi) is 2.94. The number of nitrogens with two attached hydrogens (primary N) is 1. The first-order chi connectivity index (χ1) is 7.61. The summed E-state index contributed by atoms with van der Waals surface area (Å²) < 4.78 is 26.5. The van der Waals surface area contributed by atoms with Gasteiger partial charge >= 0.3 is 0 Å². The van der Waals surface area contributed by atoms with Crippen LogP contribution in [-0.4, -0.2) is 18.1 Å². The Morgan fingerprint density at radius 2 is 2.25 bits per heavy atom. The van der Waals surface area contributed by atoms with Gasteiger partial charge in [-0.05, 0) is 12.3 Å². The second kappa shape index (κ2) is 4.23. The molecule has 0 aliphatic carbocycles. The van der Waals surface area contributed by atoms with Crippen LogP contribution < -0.4 is 10.6 Å². The van der Waals surface area contributed by atoms with E-state index in [0.29, 0.717) is 5.92 Å². The van der Waals surface area contributed by atoms with Crippen LogP contribution in [0.3, 0.4) is 0 Å². The zero-order chi connectivity index (χ0) is 11.7. The summed E-state index contributed by atoms with van der Waals surface area (Å²) in [6.45, 7) is 3.63. The molecule has 0 spiro atoms. The molecule has 1 aliphatic rings. The quantitative estimate of drug-likeness (QED) is 0.842. The molecule has 1 unspecified atom stereocenters. The predicted octanol–water partition coefficient (Wildman–Crippen LogP) is 2.18. The molecular formula is C11H15F2N3. The second-order valence-electron chi connectivity index (χ2n) is 4.17. The molecule has 2 heterocycles. The van der Waals surface area contributed by atoms with Crippen molar-refractivity contribution >= 4 is 11.6 Å². The molecule has 0 radical (unpaired) electrons. The van der Waals surface area contributed by atoms with E-state index >= 15 is 0 Å². The molecule has 1 aromatic heterocycles. The third kappa shape index (κ3) is 1.94. The molecule has 1 fully saturated rings. The lowest BCUT2D eigenvalue weighted by atomic mass is 10.1. The van der Waals surface area contributed by atoms with Crippen LogP contribution in [0.25, 0.3) is 0 Å². The van der Waals surface area contributed by atoms with Crippen molar-refractivity contribution < 1.29 is 8.78 Å². The van der Waals surface area contributed by atoms with Crippen LogP contribution in [-0.2, 0) is 0 Å². The van der Waals surface area contributed by atoms with Crippen molar-refractivity contribution in [2.24, 2.45) is 5.92 Å². The standard InChI is InChI=1S/C11H15F2N3/c1-2-7-3-4-16(6-7)11-9(13)5-8(12)10(14)15-11/h5,7H,2-4,6H2,1H3,(H2,14,15). The average Bonchev–Trinajstić information content (AvgIpc) is 2.71. The molecule has 88 valence electrons. The number of anilines is 2. The number of hydrogen-bond donors (Lipinski definition) is 1. The van der Waals surface area contributed by atoms with Crippen molar-refractivity contribution in [3.8, 4) is 0 Å². The fourth-order valence-electron chi connectivity index (χ4n) is 2.05. The number of nitrogen functional groups attached to an aromatic ring is 1. The number of halogens is 2. The minimum absolute atomic E-state index is 0.176. The van der Waals surface area contributed by atoms with Gasteiger partial charge < -0.3 is 10.6 Å². The van der Waals surface area contributed by atoms with Crippen LogP contribution in [0.4, 0.5) is 20.4 Å². The summed E-state index contributed by atoms with van der Waals surface area (Å²) in [4.78, 5) is 5.61.